The summed E-state index contributed by atoms with van der Waals surface area (Å²) in [4.78, 5) is 1.83. The summed E-state index contributed by atoms with van der Waals surface area (Å²) in [6.07, 6.45) is 0.976. The van der Waals surface area contributed by atoms with E-state index in [0.717, 1.165) is 11.8 Å². The zero-order valence-corrected chi connectivity index (χ0v) is 19.9. The number of anilines is 1. The molecule has 30 heavy (non-hydrogen) atoms. The largest absolute Gasteiger partial charge is 0.376 e. The van der Waals surface area contributed by atoms with E-state index in [9.17, 15) is 12.8 Å². The van der Waals surface area contributed by atoms with Gasteiger partial charge in [-0.05, 0) is 60.3 Å². The summed E-state index contributed by atoms with van der Waals surface area (Å²) in [5.41, 5.74) is 8.14. The van der Waals surface area contributed by atoms with E-state index in [1.807, 2.05) is 30.9 Å². The lowest BCUT2D eigenvalue weighted by atomic mass is 9.86. The average molecular weight is 452 g/mol. The molecule has 164 valence electrons. The van der Waals surface area contributed by atoms with Gasteiger partial charge >= 0.3 is 0 Å². The molecule has 0 amide bonds. The normalized spacial score (nSPS) is 12.5. The van der Waals surface area contributed by atoms with Gasteiger partial charge in [0.05, 0.1) is 17.5 Å². The summed E-state index contributed by atoms with van der Waals surface area (Å²) in [6, 6.07) is 12.6. The molecule has 0 saturated heterocycles. The van der Waals surface area contributed by atoms with Crippen LogP contribution in [0.5, 0.6) is 0 Å². The molecule has 0 bridgehead atoms. The fourth-order valence-electron chi connectivity index (χ4n) is 3.18. The number of benzene rings is 2. The van der Waals surface area contributed by atoms with Crippen LogP contribution in [0.4, 0.5) is 10.1 Å². The number of nitrogens with one attached hydrogen (secondary N) is 1. The molecule has 0 heterocycles. The Hall–Kier alpha value is -2.19. The van der Waals surface area contributed by atoms with E-state index in [1.54, 1.807) is 6.07 Å². The molecule has 2 aromatic carbocycles. The van der Waals surface area contributed by atoms with E-state index >= 15 is 0 Å². The van der Waals surface area contributed by atoms with Gasteiger partial charge in [-0.2, -0.15) is 0 Å². The van der Waals surface area contributed by atoms with E-state index in [-0.39, 0.29) is 16.2 Å². The number of sulfonamides is 1. The number of hydrogen-bond acceptors (Lipinski definition) is 3. The van der Waals surface area contributed by atoms with Crippen molar-refractivity contribution in [1.82, 2.24) is 4.90 Å². The van der Waals surface area contributed by atoms with Crippen molar-refractivity contribution in [2.24, 2.45) is 5.73 Å². The van der Waals surface area contributed by atoms with Gasteiger partial charge in [0.1, 0.15) is 5.82 Å². The lowest BCUT2D eigenvalue weighted by molar-refractivity contribution is 0.210. The second kappa shape index (κ2) is 8.51. The Bertz CT molecular complexity index is 1030. The molecule has 0 unspecified atom stereocenters. The van der Waals surface area contributed by atoms with Gasteiger partial charge in [-0.25, -0.2) is 12.8 Å². The predicted octanol–water partition coefficient (Wildman–Crippen LogP) is 4.48. The van der Waals surface area contributed by atoms with Crippen LogP contribution >= 0.6 is 12.2 Å². The van der Waals surface area contributed by atoms with Gasteiger partial charge in [0.25, 0.3) is 0 Å². The topological polar surface area (TPSA) is 75.4 Å². The molecule has 5 nitrogen and oxygen atoms in total. The third kappa shape index (κ3) is 5.92. The van der Waals surface area contributed by atoms with Crippen LogP contribution in [-0.2, 0) is 27.5 Å². The van der Waals surface area contributed by atoms with Crippen molar-refractivity contribution in [3.05, 3.63) is 65.0 Å². The lowest BCUT2D eigenvalue weighted by Gasteiger charge is -2.40. The number of nitrogens with zero attached hydrogens (tertiary/aromatic N) is 1. The first-order chi connectivity index (χ1) is 13.6. The molecule has 0 aromatic heterocycles. The molecule has 2 aromatic rings. The van der Waals surface area contributed by atoms with Gasteiger partial charge in [0, 0.05) is 6.54 Å². The van der Waals surface area contributed by atoms with Gasteiger partial charge in [0.15, 0.2) is 5.11 Å². The first-order valence-corrected chi connectivity index (χ1v) is 11.9. The van der Waals surface area contributed by atoms with Crippen molar-refractivity contribution >= 4 is 33.0 Å². The minimum atomic E-state index is -3.57. The van der Waals surface area contributed by atoms with Crippen LogP contribution in [0.25, 0.3) is 0 Å². The highest BCUT2D eigenvalue weighted by molar-refractivity contribution is 7.92. The van der Waals surface area contributed by atoms with Crippen molar-refractivity contribution < 1.29 is 12.8 Å². The minimum absolute atomic E-state index is 0.0555. The Balaban J connectivity index is 2.34. The quantitative estimate of drug-likeness (QED) is 0.634. The van der Waals surface area contributed by atoms with Crippen molar-refractivity contribution in [1.29, 1.82) is 0 Å². The first kappa shape index (κ1) is 24.1. The number of hydrogen-bond donors (Lipinski definition) is 2. The molecule has 0 spiro atoms. The molecule has 0 atom stereocenters. The van der Waals surface area contributed by atoms with Gasteiger partial charge in [-0.1, -0.05) is 51.1 Å². The molecule has 8 heteroatoms. The Morgan fingerprint density at radius 3 is 2.03 bits per heavy atom. The van der Waals surface area contributed by atoms with E-state index in [2.05, 4.69) is 37.6 Å². The van der Waals surface area contributed by atoms with Gasteiger partial charge in [-0.15, -0.1) is 0 Å². The third-order valence-electron chi connectivity index (χ3n) is 5.07. The molecular weight excluding hydrogens is 421 g/mol. The van der Waals surface area contributed by atoms with Crippen LogP contribution in [0, 0.1) is 5.82 Å². The fraction of sp³-hybridized carbons (Fsp3) is 0.409. The first-order valence-electron chi connectivity index (χ1n) is 9.55. The Morgan fingerprint density at radius 2 is 1.60 bits per heavy atom. The summed E-state index contributed by atoms with van der Waals surface area (Å²) < 4.78 is 39.5. The number of thiocarbonyl (C=S) groups is 1. The van der Waals surface area contributed by atoms with Crippen molar-refractivity contribution in [3.8, 4) is 0 Å². The maximum absolute atomic E-state index is 14.5. The minimum Gasteiger partial charge on any atom is -0.376 e. The maximum Gasteiger partial charge on any atom is 0.229 e. The zero-order valence-electron chi connectivity index (χ0n) is 18.3. The number of nitrogens with two attached hydrogens (primary N) is 1. The molecule has 2 rings (SSSR count). The van der Waals surface area contributed by atoms with E-state index in [0.29, 0.717) is 12.1 Å². The second-order valence-electron chi connectivity index (χ2n) is 9.00. The van der Waals surface area contributed by atoms with Crippen LogP contribution in [0.2, 0.25) is 0 Å². The summed E-state index contributed by atoms with van der Waals surface area (Å²) in [7, 11) is -3.57. The van der Waals surface area contributed by atoms with Crippen LogP contribution < -0.4 is 10.5 Å². The fourth-order valence-corrected chi connectivity index (χ4v) is 4.04. The molecule has 0 aliphatic carbocycles. The smallest absolute Gasteiger partial charge is 0.229 e. The summed E-state index contributed by atoms with van der Waals surface area (Å²) in [6.45, 7) is 10.7. The highest BCUT2D eigenvalue weighted by Gasteiger charge is 2.31. The summed E-state index contributed by atoms with van der Waals surface area (Å²) in [5, 5.41) is 0.193. The number of halogens is 1. The van der Waals surface area contributed by atoms with Gasteiger partial charge in [-0.3, -0.25) is 4.72 Å². The summed E-state index contributed by atoms with van der Waals surface area (Å²) in [5.74, 6) is -0.664. The molecule has 3 N–H and O–H groups in total. The molecule has 0 saturated carbocycles. The maximum atomic E-state index is 14.5. The second-order valence-corrected chi connectivity index (χ2v) is 11.2. The van der Waals surface area contributed by atoms with Gasteiger partial charge in [0.2, 0.25) is 10.0 Å². The predicted molar refractivity (Wildman–Crippen MR) is 125 cm³/mol. The Kier molecular flexibility index (Phi) is 6.83. The van der Waals surface area contributed by atoms with Crippen LogP contribution in [-0.4, -0.2) is 24.7 Å². The van der Waals surface area contributed by atoms with Crippen LogP contribution in [0.15, 0.2) is 42.5 Å². The highest BCUT2D eigenvalue weighted by Crippen LogP contribution is 2.32. The number of rotatable bonds is 6. The van der Waals surface area contributed by atoms with Crippen molar-refractivity contribution in [3.63, 3.8) is 0 Å². The monoisotopic (exact) mass is 451 g/mol. The standard InChI is InChI=1S/C22H30FN3O2S2/c1-21(2,3)16-9-7-15(8-10-16)14-26(20(24)29)22(4,5)17-11-12-19(18(23)13-17)25-30(6,27)28/h7-13,25H,14H2,1-6H3,(H2,24,29). The SMILES string of the molecule is CC(C)(C)c1ccc(CN(C(N)=S)C(C)(C)c2ccc(NS(C)(=O)=O)c(F)c2)cc1. The van der Waals surface area contributed by atoms with Crippen LogP contribution in [0.3, 0.4) is 0 Å². The molecule has 0 fully saturated rings. The van der Waals surface area contributed by atoms with Gasteiger partial charge < -0.3 is 10.6 Å². The van der Waals surface area contributed by atoms with E-state index < -0.39 is 21.4 Å². The molecule has 0 aliphatic heterocycles. The van der Waals surface area contributed by atoms with Crippen molar-refractivity contribution in [2.45, 2.75) is 52.1 Å². The van der Waals surface area contributed by atoms with E-state index in [4.69, 9.17) is 18.0 Å². The highest BCUT2D eigenvalue weighted by atomic mass is 32.2. The summed E-state index contributed by atoms with van der Waals surface area (Å²) >= 11 is 5.30. The van der Waals surface area contributed by atoms with Crippen molar-refractivity contribution in [2.75, 3.05) is 11.0 Å². The molecule has 0 radical (unpaired) electrons. The third-order valence-corrected chi connectivity index (χ3v) is 5.88. The Labute approximate surface area is 184 Å². The van der Waals surface area contributed by atoms with Crippen LogP contribution in [0.1, 0.15) is 51.3 Å². The molecular formula is C22H30FN3O2S2. The lowest BCUT2D eigenvalue weighted by Crippen LogP contribution is -2.47. The average Bonchev–Trinajstić information content (AvgIpc) is 2.59. The Morgan fingerprint density at radius 1 is 1.07 bits per heavy atom. The van der Waals surface area contributed by atoms with E-state index in [1.165, 1.54) is 17.7 Å². The molecule has 0 aliphatic rings. The zero-order chi connectivity index (χ0) is 22.9.